The summed E-state index contributed by atoms with van der Waals surface area (Å²) in [6.45, 7) is 2.51. The van der Waals surface area contributed by atoms with Gasteiger partial charge in [0.25, 0.3) is 0 Å². The third kappa shape index (κ3) is 19.5. The summed E-state index contributed by atoms with van der Waals surface area (Å²) in [5.41, 5.74) is 0. The van der Waals surface area contributed by atoms with E-state index < -0.39 is 86.8 Å². The van der Waals surface area contributed by atoms with Crippen LogP contribution in [-0.2, 0) is 23.7 Å². The van der Waals surface area contributed by atoms with Crippen molar-refractivity contribution in [3.05, 3.63) is 60.8 Å². The average Bonchev–Trinajstić information content (AvgIpc) is 3.21. The predicted octanol–water partition coefficient (Wildman–Crippen LogP) is 3.15. The molecule has 0 aliphatic carbocycles. The number of aliphatic hydroxyl groups is 8. The van der Waals surface area contributed by atoms with Gasteiger partial charge in [0.2, 0.25) is 5.91 Å². The Morgan fingerprint density at radius 1 is 0.649 bits per heavy atom. The summed E-state index contributed by atoms with van der Waals surface area (Å²) in [5, 5.41) is 85.9. The maximum atomic E-state index is 13.0. The number of carbonyl (C=O) groups is 1. The summed E-state index contributed by atoms with van der Waals surface area (Å²) >= 11 is 0. The highest BCUT2D eigenvalue weighted by Gasteiger charge is 2.50. The molecule has 12 atom stereocenters. The molecule has 1 amide bonds. The van der Waals surface area contributed by atoms with Crippen LogP contribution in [0.1, 0.15) is 110 Å². The molecular weight excluding hydrogens is 738 g/mol. The Balaban J connectivity index is 1.87. The second-order valence-electron chi connectivity index (χ2n) is 14.7. The molecule has 2 aliphatic heterocycles. The molecule has 0 saturated carbocycles. The van der Waals surface area contributed by atoms with Crippen LogP contribution in [0.15, 0.2) is 60.8 Å². The maximum Gasteiger partial charge on any atom is 0.220 e. The second kappa shape index (κ2) is 30.7. The molecule has 2 rings (SSSR count). The van der Waals surface area contributed by atoms with E-state index in [0.29, 0.717) is 6.42 Å². The van der Waals surface area contributed by atoms with Crippen molar-refractivity contribution in [1.82, 2.24) is 5.32 Å². The van der Waals surface area contributed by atoms with Gasteiger partial charge in [0, 0.05) is 6.42 Å². The number of aliphatic hydroxyl groups excluding tert-OH is 8. The molecule has 0 spiro atoms. The number of nitrogens with one attached hydrogen (secondary N) is 1. The van der Waals surface area contributed by atoms with Crippen LogP contribution >= 0.6 is 0 Å². The number of hydrogen-bond donors (Lipinski definition) is 9. The zero-order valence-electron chi connectivity index (χ0n) is 34.0. The van der Waals surface area contributed by atoms with Gasteiger partial charge in [-0.3, -0.25) is 4.79 Å². The van der Waals surface area contributed by atoms with E-state index in [0.717, 1.165) is 83.5 Å². The Labute approximate surface area is 339 Å². The molecule has 2 heterocycles. The van der Waals surface area contributed by atoms with Crippen LogP contribution in [0.25, 0.3) is 0 Å². The highest BCUT2D eigenvalue weighted by Crippen LogP contribution is 2.29. The highest BCUT2D eigenvalue weighted by molar-refractivity contribution is 5.76. The second-order valence-corrected chi connectivity index (χ2v) is 14.7. The highest BCUT2D eigenvalue weighted by atomic mass is 16.7. The Morgan fingerprint density at radius 2 is 1.21 bits per heavy atom. The third-order valence-electron chi connectivity index (χ3n) is 9.96. The van der Waals surface area contributed by atoms with Gasteiger partial charge >= 0.3 is 0 Å². The zero-order valence-corrected chi connectivity index (χ0v) is 34.0. The van der Waals surface area contributed by atoms with Crippen LogP contribution in [0.3, 0.4) is 0 Å². The lowest BCUT2D eigenvalue weighted by molar-refractivity contribution is -0.359. The summed E-state index contributed by atoms with van der Waals surface area (Å²) in [6, 6.07) is -0.925. The zero-order chi connectivity index (χ0) is 41.8. The number of amides is 1. The standard InChI is InChI=1S/C43H73NO13/c1-3-5-7-9-11-12-13-14-15-16-17-18-19-20-21-23-25-27-35(48)44-31(32(47)26-24-22-10-8-6-4-2)30-54-42-40(53)38(51)41(34(29-46)56-42)57-43-39(52)37(50)36(49)33(28-45)55-43/h5,7,11-12,14-15,17-18,24,26,31-34,36-43,45-47,49-53H,3-4,6,8-10,13,16,19-23,25,27-30H2,1-2H3,(H,44,48)/b7-5-,12-11-,15-14-,18-17-,26-24+. The molecule has 2 saturated heterocycles. The van der Waals surface area contributed by atoms with Crippen LogP contribution in [0.4, 0.5) is 0 Å². The first-order valence-corrected chi connectivity index (χ1v) is 21.0. The molecule has 0 bridgehead atoms. The van der Waals surface area contributed by atoms with Crippen molar-refractivity contribution < 1.29 is 64.6 Å². The van der Waals surface area contributed by atoms with Gasteiger partial charge in [0.1, 0.15) is 48.8 Å². The van der Waals surface area contributed by atoms with Crippen LogP contribution in [0.5, 0.6) is 0 Å². The number of carbonyl (C=O) groups excluding carboxylic acids is 1. The van der Waals surface area contributed by atoms with Gasteiger partial charge in [-0.25, -0.2) is 0 Å². The Bertz CT molecular complexity index is 1190. The normalized spacial score (nSPS) is 29.7. The van der Waals surface area contributed by atoms with Crippen molar-refractivity contribution in [2.45, 2.75) is 184 Å². The third-order valence-corrected chi connectivity index (χ3v) is 9.96. The van der Waals surface area contributed by atoms with Crippen molar-refractivity contribution in [1.29, 1.82) is 0 Å². The maximum absolute atomic E-state index is 13.0. The summed E-state index contributed by atoms with van der Waals surface area (Å²) in [4.78, 5) is 13.0. The van der Waals surface area contributed by atoms with Crippen molar-refractivity contribution in [2.24, 2.45) is 0 Å². The molecule has 9 N–H and O–H groups in total. The Kier molecular flexibility index (Phi) is 27.4. The number of rotatable bonds is 29. The van der Waals surface area contributed by atoms with Crippen molar-refractivity contribution >= 4 is 5.91 Å². The molecule has 2 aliphatic rings. The smallest absolute Gasteiger partial charge is 0.220 e. The van der Waals surface area contributed by atoms with Crippen LogP contribution in [0, 0.1) is 0 Å². The van der Waals surface area contributed by atoms with Gasteiger partial charge in [0.15, 0.2) is 12.6 Å². The van der Waals surface area contributed by atoms with E-state index in [9.17, 15) is 45.6 Å². The fourth-order valence-corrected chi connectivity index (χ4v) is 6.45. The first-order chi connectivity index (χ1) is 27.6. The van der Waals surface area contributed by atoms with E-state index in [1.807, 2.05) is 6.08 Å². The lowest BCUT2D eigenvalue weighted by atomic mass is 9.97. The largest absolute Gasteiger partial charge is 0.394 e. The van der Waals surface area contributed by atoms with E-state index in [4.69, 9.17) is 18.9 Å². The average molecular weight is 812 g/mol. The lowest BCUT2D eigenvalue weighted by Crippen LogP contribution is -2.65. The number of unbranched alkanes of at least 4 members (excludes halogenated alkanes) is 8. The van der Waals surface area contributed by atoms with Gasteiger partial charge in [-0.2, -0.15) is 0 Å². The van der Waals surface area contributed by atoms with E-state index in [1.54, 1.807) is 6.08 Å². The molecule has 57 heavy (non-hydrogen) atoms. The van der Waals surface area contributed by atoms with E-state index in [1.165, 1.54) is 0 Å². The summed E-state index contributed by atoms with van der Waals surface area (Å²) in [5.74, 6) is -0.274. The fraction of sp³-hybridized carbons (Fsp3) is 0.744. The van der Waals surface area contributed by atoms with Gasteiger partial charge in [-0.05, 0) is 57.8 Å². The topological polar surface area (TPSA) is 228 Å². The SMILES string of the molecule is CC/C=C\C/C=C\C/C=C\C/C=C\CCCCCCC(=O)NC(COC1OC(CO)C(OC2OC(CO)C(O)C(O)C2O)C(O)C1O)C(O)/C=C/CCCCCC. The van der Waals surface area contributed by atoms with Crippen molar-refractivity contribution in [2.75, 3.05) is 19.8 Å². The minimum atomic E-state index is -1.79. The van der Waals surface area contributed by atoms with E-state index in [2.05, 4.69) is 67.8 Å². The van der Waals surface area contributed by atoms with Crippen molar-refractivity contribution in [3.63, 3.8) is 0 Å². The van der Waals surface area contributed by atoms with Crippen LogP contribution in [0.2, 0.25) is 0 Å². The Hall–Kier alpha value is -2.31. The molecule has 2 fully saturated rings. The van der Waals surface area contributed by atoms with Crippen molar-refractivity contribution in [3.8, 4) is 0 Å². The van der Waals surface area contributed by atoms with E-state index >= 15 is 0 Å². The molecule has 14 heteroatoms. The molecule has 14 nitrogen and oxygen atoms in total. The van der Waals surface area contributed by atoms with E-state index in [-0.39, 0.29) is 18.9 Å². The van der Waals surface area contributed by atoms with Gasteiger partial charge in [-0.1, -0.05) is 107 Å². The molecule has 0 radical (unpaired) electrons. The lowest BCUT2D eigenvalue weighted by Gasteiger charge is -2.46. The minimum absolute atomic E-state index is 0.249. The number of hydrogen-bond acceptors (Lipinski definition) is 13. The van der Waals surface area contributed by atoms with Gasteiger partial charge in [-0.15, -0.1) is 0 Å². The molecule has 12 unspecified atom stereocenters. The van der Waals surface area contributed by atoms with Crippen LogP contribution in [-0.4, -0.2) is 140 Å². The predicted molar refractivity (Wildman–Crippen MR) is 217 cm³/mol. The van der Waals surface area contributed by atoms with Gasteiger partial charge in [0.05, 0.1) is 32.0 Å². The number of ether oxygens (including phenoxy) is 4. The molecule has 0 aromatic carbocycles. The molecule has 0 aromatic rings. The quantitative estimate of drug-likeness (QED) is 0.0392. The minimum Gasteiger partial charge on any atom is -0.394 e. The fourth-order valence-electron chi connectivity index (χ4n) is 6.45. The molecular formula is C43H73NO13. The molecule has 328 valence electrons. The molecule has 0 aromatic heterocycles. The monoisotopic (exact) mass is 812 g/mol. The first-order valence-electron chi connectivity index (χ1n) is 21.0. The summed E-state index contributed by atoms with van der Waals surface area (Å²) in [7, 11) is 0. The number of allylic oxidation sites excluding steroid dienone is 9. The van der Waals surface area contributed by atoms with Crippen LogP contribution < -0.4 is 5.32 Å². The summed E-state index contributed by atoms with van der Waals surface area (Å²) < 4.78 is 22.5. The van der Waals surface area contributed by atoms with Gasteiger partial charge < -0.3 is 65.1 Å². The Morgan fingerprint density at radius 3 is 1.84 bits per heavy atom. The summed E-state index contributed by atoms with van der Waals surface area (Å²) in [6.07, 6.45) is 17.4. The first kappa shape index (κ1) is 50.8.